The summed E-state index contributed by atoms with van der Waals surface area (Å²) in [4.78, 5) is 12.9. The third-order valence-corrected chi connectivity index (χ3v) is 4.89. The molecule has 0 heterocycles. The SMILES string of the molecule is COc1ccc(S(=O)(=O)N/N=C(/CCC(=O)O)c2ccccc2)c(OC)c1. The van der Waals surface area contributed by atoms with E-state index in [9.17, 15) is 13.2 Å². The van der Waals surface area contributed by atoms with Crippen molar-refractivity contribution in [1.29, 1.82) is 0 Å². The van der Waals surface area contributed by atoms with Crippen LogP contribution in [0.4, 0.5) is 0 Å². The van der Waals surface area contributed by atoms with Gasteiger partial charge >= 0.3 is 5.97 Å². The van der Waals surface area contributed by atoms with Gasteiger partial charge in [-0.05, 0) is 17.7 Å². The number of carboxylic acids is 1. The molecule has 0 radical (unpaired) electrons. The highest BCUT2D eigenvalue weighted by Crippen LogP contribution is 2.28. The van der Waals surface area contributed by atoms with Crippen molar-refractivity contribution >= 4 is 21.7 Å². The summed E-state index contributed by atoms with van der Waals surface area (Å²) in [6, 6.07) is 13.0. The predicted octanol–water partition coefficient (Wildman–Crippen LogP) is 2.25. The number of hydrogen-bond acceptors (Lipinski definition) is 6. The Morgan fingerprint density at radius 3 is 2.37 bits per heavy atom. The number of nitrogens with one attached hydrogen (secondary N) is 1. The molecular weight excluding hydrogens is 372 g/mol. The van der Waals surface area contributed by atoms with E-state index < -0.39 is 16.0 Å². The number of sulfonamides is 1. The molecule has 2 rings (SSSR count). The molecule has 0 unspecified atom stereocenters. The molecule has 0 atom stereocenters. The van der Waals surface area contributed by atoms with Crippen LogP contribution in [0.5, 0.6) is 11.5 Å². The van der Waals surface area contributed by atoms with Crippen LogP contribution in [0.3, 0.4) is 0 Å². The van der Waals surface area contributed by atoms with E-state index in [1.54, 1.807) is 30.3 Å². The van der Waals surface area contributed by atoms with Crippen molar-refractivity contribution in [2.45, 2.75) is 17.7 Å². The van der Waals surface area contributed by atoms with E-state index in [0.717, 1.165) is 0 Å². The Kier molecular flexibility index (Phi) is 6.78. The zero-order chi connectivity index (χ0) is 19.9. The molecule has 0 aliphatic heterocycles. The summed E-state index contributed by atoms with van der Waals surface area (Å²) in [5.74, 6) is -0.456. The van der Waals surface area contributed by atoms with Crippen molar-refractivity contribution in [3.63, 3.8) is 0 Å². The molecule has 0 aliphatic carbocycles. The Morgan fingerprint density at radius 1 is 1.07 bits per heavy atom. The molecule has 0 bridgehead atoms. The summed E-state index contributed by atoms with van der Waals surface area (Å²) in [6.07, 6.45) is -0.108. The van der Waals surface area contributed by atoms with Crippen LogP contribution in [-0.4, -0.2) is 39.4 Å². The van der Waals surface area contributed by atoms with Crippen molar-refractivity contribution in [3.05, 3.63) is 54.1 Å². The molecule has 9 heteroatoms. The lowest BCUT2D eigenvalue weighted by atomic mass is 10.1. The van der Waals surface area contributed by atoms with E-state index in [1.165, 1.54) is 32.4 Å². The standard InChI is InChI=1S/C18H20N2O6S/c1-25-14-8-10-17(16(12-14)26-2)27(23,24)20-19-15(9-11-18(21)22)13-6-4-3-5-7-13/h3-8,10,12,20H,9,11H2,1-2H3,(H,21,22)/b19-15-. The van der Waals surface area contributed by atoms with Crippen molar-refractivity contribution in [3.8, 4) is 11.5 Å². The maximum Gasteiger partial charge on any atom is 0.303 e. The van der Waals surface area contributed by atoms with E-state index in [1.807, 2.05) is 0 Å². The number of carboxylic acid groups (broad SMARTS) is 1. The first kappa shape index (κ1) is 20.2. The number of benzene rings is 2. The average Bonchev–Trinajstić information content (AvgIpc) is 2.67. The first-order valence-electron chi connectivity index (χ1n) is 7.95. The molecule has 144 valence electrons. The lowest BCUT2D eigenvalue weighted by molar-refractivity contribution is -0.136. The Labute approximate surface area is 157 Å². The molecule has 0 amide bonds. The zero-order valence-electron chi connectivity index (χ0n) is 14.9. The molecular formula is C18H20N2O6S. The first-order valence-corrected chi connectivity index (χ1v) is 9.43. The molecule has 2 aromatic carbocycles. The van der Waals surface area contributed by atoms with E-state index in [0.29, 0.717) is 17.0 Å². The van der Waals surface area contributed by atoms with Crippen LogP contribution in [0, 0.1) is 0 Å². The minimum atomic E-state index is -4.04. The van der Waals surface area contributed by atoms with Crippen LogP contribution in [0.15, 0.2) is 58.5 Å². The smallest absolute Gasteiger partial charge is 0.303 e. The number of nitrogens with zero attached hydrogens (tertiary/aromatic N) is 1. The number of hydrazone groups is 1. The number of aliphatic carboxylic acids is 1. The molecule has 27 heavy (non-hydrogen) atoms. The maximum atomic E-state index is 12.6. The second-order valence-electron chi connectivity index (χ2n) is 5.43. The van der Waals surface area contributed by atoms with Crippen molar-refractivity contribution in [1.82, 2.24) is 4.83 Å². The second-order valence-corrected chi connectivity index (χ2v) is 7.06. The quantitative estimate of drug-likeness (QED) is 0.500. The van der Waals surface area contributed by atoms with Gasteiger partial charge in [0.25, 0.3) is 10.0 Å². The van der Waals surface area contributed by atoms with Crippen LogP contribution in [0.1, 0.15) is 18.4 Å². The summed E-state index contributed by atoms with van der Waals surface area (Å²) in [6.45, 7) is 0. The molecule has 0 spiro atoms. The van der Waals surface area contributed by atoms with Crippen molar-refractivity contribution in [2.75, 3.05) is 14.2 Å². The Hall–Kier alpha value is -3.07. The normalized spacial score (nSPS) is 11.7. The van der Waals surface area contributed by atoms with Crippen LogP contribution in [0.2, 0.25) is 0 Å². The highest BCUT2D eigenvalue weighted by atomic mass is 32.2. The van der Waals surface area contributed by atoms with Gasteiger partial charge in [-0.15, -0.1) is 0 Å². The highest BCUT2D eigenvalue weighted by molar-refractivity contribution is 7.89. The third kappa shape index (κ3) is 5.45. The van der Waals surface area contributed by atoms with Gasteiger partial charge in [-0.3, -0.25) is 4.79 Å². The molecule has 0 aromatic heterocycles. The third-order valence-electron chi connectivity index (χ3n) is 3.64. The fourth-order valence-corrected chi connectivity index (χ4v) is 3.26. The lowest BCUT2D eigenvalue weighted by Crippen LogP contribution is -2.21. The summed E-state index contributed by atoms with van der Waals surface area (Å²) in [7, 11) is -1.23. The van der Waals surface area contributed by atoms with E-state index >= 15 is 0 Å². The fraction of sp³-hybridized carbons (Fsp3) is 0.222. The van der Waals surface area contributed by atoms with Gasteiger partial charge in [-0.2, -0.15) is 18.4 Å². The molecule has 0 aliphatic rings. The van der Waals surface area contributed by atoms with E-state index in [4.69, 9.17) is 14.6 Å². The van der Waals surface area contributed by atoms with E-state index in [-0.39, 0.29) is 23.5 Å². The summed E-state index contributed by atoms with van der Waals surface area (Å²) in [5.41, 5.74) is 0.942. The Morgan fingerprint density at radius 2 is 1.78 bits per heavy atom. The van der Waals surface area contributed by atoms with Crippen LogP contribution >= 0.6 is 0 Å². The maximum absolute atomic E-state index is 12.6. The fourth-order valence-electron chi connectivity index (χ4n) is 2.28. The predicted molar refractivity (Wildman–Crippen MR) is 99.7 cm³/mol. The number of ether oxygens (including phenoxy) is 2. The summed E-state index contributed by atoms with van der Waals surface area (Å²) < 4.78 is 35.4. The molecule has 2 aromatic rings. The number of rotatable bonds is 9. The average molecular weight is 392 g/mol. The molecule has 0 fully saturated rings. The van der Waals surface area contributed by atoms with Crippen molar-refractivity contribution in [2.24, 2.45) is 5.10 Å². The highest BCUT2D eigenvalue weighted by Gasteiger charge is 2.20. The minimum absolute atomic E-state index is 0.0710. The van der Waals surface area contributed by atoms with Gasteiger partial charge in [-0.25, -0.2) is 0 Å². The van der Waals surface area contributed by atoms with Gasteiger partial charge < -0.3 is 14.6 Å². The van der Waals surface area contributed by atoms with E-state index in [2.05, 4.69) is 9.93 Å². The van der Waals surface area contributed by atoms with Gasteiger partial charge in [0.05, 0.1) is 26.4 Å². The Balaban J connectivity index is 2.34. The van der Waals surface area contributed by atoms with Crippen LogP contribution in [0.25, 0.3) is 0 Å². The molecule has 0 saturated heterocycles. The van der Waals surface area contributed by atoms with Crippen LogP contribution < -0.4 is 14.3 Å². The number of carbonyl (C=O) groups is 1. The summed E-state index contributed by atoms with van der Waals surface area (Å²) >= 11 is 0. The monoisotopic (exact) mass is 392 g/mol. The second kappa shape index (κ2) is 9.04. The van der Waals surface area contributed by atoms with Gasteiger partial charge in [-0.1, -0.05) is 30.3 Å². The van der Waals surface area contributed by atoms with Gasteiger partial charge in [0.1, 0.15) is 16.4 Å². The first-order chi connectivity index (χ1) is 12.9. The molecule has 0 saturated carbocycles. The number of hydrogen-bond donors (Lipinski definition) is 2. The number of methoxy groups -OCH3 is 2. The van der Waals surface area contributed by atoms with Crippen LogP contribution in [-0.2, 0) is 14.8 Å². The lowest BCUT2D eigenvalue weighted by Gasteiger charge is -2.12. The minimum Gasteiger partial charge on any atom is -0.497 e. The zero-order valence-corrected chi connectivity index (χ0v) is 15.7. The Bertz CT molecular complexity index is 926. The molecule has 8 nitrogen and oxygen atoms in total. The largest absolute Gasteiger partial charge is 0.497 e. The topological polar surface area (TPSA) is 114 Å². The van der Waals surface area contributed by atoms with Crippen molar-refractivity contribution < 1.29 is 27.8 Å². The van der Waals surface area contributed by atoms with Gasteiger partial charge in [0.15, 0.2) is 0 Å². The molecule has 2 N–H and O–H groups in total. The van der Waals surface area contributed by atoms with Gasteiger partial charge in [0.2, 0.25) is 0 Å². The van der Waals surface area contributed by atoms with Gasteiger partial charge in [0, 0.05) is 12.5 Å². The summed E-state index contributed by atoms with van der Waals surface area (Å²) in [5, 5.41) is 12.9.